The van der Waals surface area contributed by atoms with Crippen LogP contribution in [0.15, 0.2) is 30.3 Å². The van der Waals surface area contributed by atoms with Crippen molar-refractivity contribution in [3.63, 3.8) is 0 Å². The van der Waals surface area contributed by atoms with Crippen molar-refractivity contribution >= 4 is 26.2 Å². The molecule has 0 saturated carbocycles. The fourth-order valence-electron chi connectivity index (χ4n) is 5.74. The van der Waals surface area contributed by atoms with E-state index in [1.54, 1.807) is 11.9 Å². The van der Waals surface area contributed by atoms with E-state index in [0.717, 1.165) is 50.5 Å². The quantitative estimate of drug-likeness (QED) is 0.194. The molecule has 2 fully saturated rings. The molecule has 0 bridgehead atoms. The van der Waals surface area contributed by atoms with Crippen molar-refractivity contribution in [3.05, 3.63) is 35.9 Å². The maximum atomic E-state index is 13.5. The van der Waals surface area contributed by atoms with Crippen molar-refractivity contribution in [2.45, 2.75) is 76.0 Å². The van der Waals surface area contributed by atoms with Crippen molar-refractivity contribution in [3.8, 4) is 0 Å². The maximum Gasteiger partial charge on any atom is 0.409 e. The largest absolute Gasteiger partial charge is 0.453 e. The molecule has 12 heteroatoms. The fraction of sp³-hybridized carbons (Fsp3) is 0.719. The first-order chi connectivity index (χ1) is 21.1. The summed E-state index contributed by atoms with van der Waals surface area (Å²) in [6, 6.07) is 10.5. The zero-order chi connectivity index (χ0) is 32.0. The number of hydrogen-bond donors (Lipinski definition) is 3. The van der Waals surface area contributed by atoms with E-state index in [9.17, 15) is 14.4 Å². The van der Waals surface area contributed by atoms with Crippen LogP contribution in [0.4, 0.5) is 9.59 Å². The number of alkyl carbamates (subject to hydrolysis) is 1. The topological polar surface area (TPSA) is 127 Å². The Morgan fingerprint density at radius 1 is 1.07 bits per heavy atom. The molecule has 1 aromatic rings. The van der Waals surface area contributed by atoms with Gasteiger partial charge in [-0.2, -0.15) is 0 Å². The zero-order valence-corrected chi connectivity index (χ0v) is 28.3. The number of carbonyl (C=O) groups is 3. The lowest BCUT2D eigenvalue weighted by atomic mass is 9.86. The Bertz CT molecular complexity index is 1010. The summed E-state index contributed by atoms with van der Waals surface area (Å²) in [5.41, 5.74) is 1.07. The SMILES string of the molecule is COC(=O)NCCO[C@@H](c1ccccc1)C1CC[C@H](C(=O)NC(CC2CCOCC2)CN(C)C(=O)OCC[Si](C)(C)C)NC1. The van der Waals surface area contributed by atoms with Crippen LogP contribution in [-0.4, -0.2) is 103 Å². The van der Waals surface area contributed by atoms with E-state index in [2.05, 4.69) is 40.3 Å². The monoisotopic (exact) mass is 634 g/mol. The average molecular weight is 635 g/mol. The molecule has 1 aromatic carbocycles. The summed E-state index contributed by atoms with van der Waals surface area (Å²) in [5.74, 6) is 0.557. The van der Waals surface area contributed by atoms with Crippen molar-refractivity contribution in [2.75, 3.05) is 60.2 Å². The molecule has 3 rings (SSSR count). The van der Waals surface area contributed by atoms with Gasteiger partial charge in [-0.25, -0.2) is 9.59 Å². The van der Waals surface area contributed by atoms with Gasteiger partial charge in [0, 0.05) is 59.9 Å². The minimum absolute atomic E-state index is 0.0412. The minimum Gasteiger partial charge on any atom is -0.453 e. The summed E-state index contributed by atoms with van der Waals surface area (Å²) >= 11 is 0. The van der Waals surface area contributed by atoms with E-state index < -0.39 is 14.2 Å². The van der Waals surface area contributed by atoms with Gasteiger partial charge in [-0.1, -0.05) is 50.0 Å². The molecule has 0 aromatic heterocycles. The molecule has 2 saturated heterocycles. The molecular weight excluding hydrogens is 580 g/mol. The highest BCUT2D eigenvalue weighted by molar-refractivity contribution is 6.76. The molecule has 2 aliphatic heterocycles. The number of carbonyl (C=O) groups excluding carboxylic acids is 3. The van der Waals surface area contributed by atoms with Gasteiger partial charge in [-0.3, -0.25) is 4.79 Å². The molecule has 0 spiro atoms. The van der Waals surface area contributed by atoms with E-state index in [1.165, 1.54) is 7.11 Å². The number of benzene rings is 1. The van der Waals surface area contributed by atoms with E-state index in [1.807, 2.05) is 30.3 Å². The Morgan fingerprint density at radius 3 is 2.43 bits per heavy atom. The minimum atomic E-state index is -1.31. The summed E-state index contributed by atoms with van der Waals surface area (Å²) in [4.78, 5) is 39.3. The van der Waals surface area contributed by atoms with E-state index in [4.69, 9.17) is 14.2 Å². The highest BCUT2D eigenvalue weighted by Gasteiger charge is 2.33. The number of nitrogens with zero attached hydrogens (tertiary/aromatic N) is 1. The maximum absolute atomic E-state index is 13.5. The number of amides is 3. The molecule has 3 amide bonds. The van der Waals surface area contributed by atoms with Crippen LogP contribution in [0.3, 0.4) is 0 Å². The molecule has 3 N–H and O–H groups in total. The van der Waals surface area contributed by atoms with Crippen molar-refractivity contribution in [1.82, 2.24) is 20.9 Å². The number of hydrogen-bond acceptors (Lipinski definition) is 8. The Kier molecular flexibility index (Phi) is 14.9. The summed E-state index contributed by atoms with van der Waals surface area (Å²) in [6.45, 7) is 10.4. The van der Waals surface area contributed by atoms with Crippen LogP contribution in [-0.2, 0) is 23.7 Å². The number of ether oxygens (including phenoxy) is 4. The number of piperidine rings is 1. The van der Waals surface area contributed by atoms with E-state index in [0.29, 0.717) is 45.2 Å². The molecule has 2 unspecified atom stereocenters. The van der Waals surface area contributed by atoms with Crippen molar-refractivity contribution in [2.24, 2.45) is 11.8 Å². The van der Waals surface area contributed by atoms with Gasteiger partial charge < -0.3 is 39.8 Å². The Labute approximate surface area is 264 Å². The molecule has 44 heavy (non-hydrogen) atoms. The van der Waals surface area contributed by atoms with Gasteiger partial charge in [0.1, 0.15) is 0 Å². The summed E-state index contributed by atoms with van der Waals surface area (Å²) in [5, 5.41) is 9.38. The van der Waals surface area contributed by atoms with Crippen LogP contribution in [0.25, 0.3) is 0 Å². The van der Waals surface area contributed by atoms with Crippen LogP contribution >= 0.6 is 0 Å². The van der Waals surface area contributed by atoms with E-state index in [-0.39, 0.29) is 36.1 Å². The van der Waals surface area contributed by atoms with Gasteiger partial charge in [0.25, 0.3) is 0 Å². The summed E-state index contributed by atoms with van der Waals surface area (Å²) in [7, 11) is 1.77. The van der Waals surface area contributed by atoms with Crippen molar-refractivity contribution in [1.29, 1.82) is 0 Å². The van der Waals surface area contributed by atoms with Gasteiger partial charge in [-0.05, 0) is 49.6 Å². The Morgan fingerprint density at radius 2 is 1.80 bits per heavy atom. The second kappa shape index (κ2) is 18.3. The number of nitrogens with one attached hydrogen (secondary N) is 3. The van der Waals surface area contributed by atoms with Crippen LogP contribution < -0.4 is 16.0 Å². The van der Waals surface area contributed by atoms with Gasteiger partial charge in [-0.15, -0.1) is 0 Å². The zero-order valence-electron chi connectivity index (χ0n) is 27.3. The smallest absolute Gasteiger partial charge is 0.409 e. The molecule has 4 atom stereocenters. The van der Waals surface area contributed by atoms with Gasteiger partial charge in [0.05, 0.1) is 32.5 Å². The number of likely N-dealkylation sites (N-methyl/N-ethyl adjacent to an activating group) is 1. The van der Waals surface area contributed by atoms with Crippen LogP contribution in [0, 0.1) is 11.8 Å². The third kappa shape index (κ3) is 12.7. The van der Waals surface area contributed by atoms with Crippen LogP contribution in [0.1, 0.15) is 43.8 Å². The first-order valence-corrected chi connectivity index (χ1v) is 19.7. The second-order valence-electron chi connectivity index (χ2n) is 13.2. The normalized spacial score (nSPS) is 20.7. The third-order valence-corrected chi connectivity index (χ3v) is 10.1. The lowest BCUT2D eigenvalue weighted by Gasteiger charge is -2.36. The molecule has 0 radical (unpaired) electrons. The van der Waals surface area contributed by atoms with Gasteiger partial charge >= 0.3 is 12.2 Å². The molecule has 0 aliphatic carbocycles. The van der Waals surface area contributed by atoms with Gasteiger partial charge in [0.15, 0.2) is 0 Å². The van der Waals surface area contributed by atoms with Crippen molar-refractivity contribution < 1.29 is 33.3 Å². The average Bonchev–Trinajstić information content (AvgIpc) is 3.01. The first-order valence-electron chi connectivity index (χ1n) is 16.0. The van der Waals surface area contributed by atoms with Gasteiger partial charge in [0.2, 0.25) is 5.91 Å². The van der Waals surface area contributed by atoms with Crippen LogP contribution in [0.2, 0.25) is 25.7 Å². The molecule has 2 heterocycles. The summed E-state index contributed by atoms with van der Waals surface area (Å²) < 4.78 is 22.0. The predicted molar refractivity (Wildman–Crippen MR) is 172 cm³/mol. The third-order valence-electron chi connectivity index (χ3n) is 8.37. The standard InChI is InChI=1S/C32H54N4O7Si/c1-36(32(39)43-19-20-44(3,4)5)23-27(21-24-13-16-41-17-14-24)35-30(37)28-12-11-26(22-34-28)29(25-9-7-6-8-10-25)42-18-15-33-31(38)40-2/h6-10,24,26-29,34H,11-23H2,1-5H3,(H,33,38)(H,35,37)/t26?,27?,28-,29+/m1/s1. The fourth-order valence-corrected chi connectivity index (χ4v) is 6.46. The lowest BCUT2D eigenvalue weighted by Crippen LogP contribution is -2.54. The Balaban J connectivity index is 1.56. The Hall–Kier alpha value is -2.67. The molecule has 11 nitrogen and oxygen atoms in total. The van der Waals surface area contributed by atoms with E-state index >= 15 is 0 Å². The van der Waals surface area contributed by atoms with Crippen LogP contribution in [0.5, 0.6) is 0 Å². The molecule has 248 valence electrons. The summed E-state index contributed by atoms with van der Waals surface area (Å²) in [6.07, 6.45) is 3.17. The number of rotatable bonds is 15. The highest BCUT2D eigenvalue weighted by atomic mass is 28.3. The molecule has 2 aliphatic rings. The first kappa shape index (κ1) is 35.8. The highest BCUT2D eigenvalue weighted by Crippen LogP contribution is 2.32. The second-order valence-corrected chi connectivity index (χ2v) is 18.8. The predicted octanol–water partition coefficient (Wildman–Crippen LogP) is 4.18. The number of methoxy groups -OCH3 is 1. The lowest BCUT2D eigenvalue weighted by molar-refractivity contribution is -0.125. The molecular formula is C32H54N4O7Si.